The van der Waals surface area contributed by atoms with Gasteiger partial charge >= 0.3 is 0 Å². The summed E-state index contributed by atoms with van der Waals surface area (Å²) in [5, 5.41) is 2.63. The van der Waals surface area contributed by atoms with Gasteiger partial charge in [-0.3, -0.25) is 9.59 Å². The maximum Gasteiger partial charge on any atom is 0.245 e. The molecule has 1 saturated carbocycles. The second-order valence-electron chi connectivity index (χ2n) is 4.24. The summed E-state index contributed by atoms with van der Waals surface area (Å²) in [6, 6.07) is -0.191. The van der Waals surface area contributed by atoms with Crippen LogP contribution >= 0.6 is 0 Å². The number of carbonyl (C=O) groups is 2. The lowest BCUT2D eigenvalue weighted by Gasteiger charge is -2.44. The number of amides is 2. The van der Waals surface area contributed by atoms with E-state index in [-0.39, 0.29) is 36.5 Å². The van der Waals surface area contributed by atoms with Gasteiger partial charge < -0.3 is 15.0 Å². The van der Waals surface area contributed by atoms with Crippen molar-refractivity contribution in [2.45, 2.75) is 38.0 Å². The molecule has 0 aromatic rings. The molecule has 15 heavy (non-hydrogen) atoms. The standard InChI is InChI=1S/C10H16N2O3/c1-6-10(14)12(5-9(13)11-6)7-3-8(4-7)15-2/h6-8H,3-5H2,1-2H3,(H,11,13). The largest absolute Gasteiger partial charge is 0.381 e. The smallest absolute Gasteiger partial charge is 0.245 e. The average molecular weight is 212 g/mol. The van der Waals surface area contributed by atoms with Gasteiger partial charge in [0.05, 0.1) is 12.6 Å². The minimum Gasteiger partial charge on any atom is -0.381 e. The molecule has 1 aliphatic heterocycles. The van der Waals surface area contributed by atoms with Gasteiger partial charge in [0.25, 0.3) is 0 Å². The number of nitrogens with zero attached hydrogens (tertiary/aromatic N) is 1. The Kier molecular flexibility index (Phi) is 2.65. The molecule has 2 fully saturated rings. The van der Waals surface area contributed by atoms with Crippen LogP contribution in [0.5, 0.6) is 0 Å². The number of rotatable bonds is 2. The molecule has 1 N–H and O–H groups in total. The molecule has 0 bridgehead atoms. The normalized spacial score (nSPS) is 36.1. The van der Waals surface area contributed by atoms with E-state index in [1.54, 1.807) is 18.9 Å². The molecule has 2 aliphatic rings. The summed E-state index contributed by atoms with van der Waals surface area (Å²) in [5.41, 5.74) is 0. The Morgan fingerprint density at radius 3 is 2.67 bits per heavy atom. The quantitative estimate of drug-likeness (QED) is 0.672. The van der Waals surface area contributed by atoms with Crippen molar-refractivity contribution in [1.82, 2.24) is 10.2 Å². The van der Waals surface area contributed by atoms with Crippen molar-refractivity contribution in [3.63, 3.8) is 0 Å². The number of piperazine rings is 1. The Balaban J connectivity index is 1.96. The summed E-state index contributed by atoms with van der Waals surface area (Å²) < 4.78 is 5.16. The van der Waals surface area contributed by atoms with Crippen LogP contribution in [0.2, 0.25) is 0 Å². The van der Waals surface area contributed by atoms with Crippen LogP contribution in [0.1, 0.15) is 19.8 Å². The van der Waals surface area contributed by atoms with Gasteiger partial charge in [0, 0.05) is 13.2 Å². The van der Waals surface area contributed by atoms with E-state index >= 15 is 0 Å². The SMILES string of the molecule is COC1CC(N2CC(=O)NC(C)C2=O)C1. The van der Waals surface area contributed by atoms with Crippen molar-refractivity contribution < 1.29 is 14.3 Å². The van der Waals surface area contributed by atoms with Crippen molar-refractivity contribution in [3.05, 3.63) is 0 Å². The first-order chi connectivity index (χ1) is 7.11. The molecular formula is C10H16N2O3. The highest BCUT2D eigenvalue weighted by atomic mass is 16.5. The fraction of sp³-hybridized carbons (Fsp3) is 0.800. The molecule has 1 aliphatic carbocycles. The summed E-state index contributed by atoms with van der Waals surface area (Å²) in [6.07, 6.45) is 1.95. The van der Waals surface area contributed by atoms with Crippen LogP contribution in [0.25, 0.3) is 0 Å². The fourth-order valence-electron chi connectivity index (χ4n) is 2.12. The number of methoxy groups -OCH3 is 1. The van der Waals surface area contributed by atoms with E-state index in [9.17, 15) is 9.59 Å². The highest BCUT2D eigenvalue weighted by Gasteiger charge is 2.40. The lowest BCUT2D eigenvalue weighted by Crippen LogP contribution is -2.62. The highest BCUT2D eigenvalue weighted by Crippen LogP contribution is 2.28. The molecule has 0 aromatic heterocycles. The summed E-state index contributed by atoms with van der Waals surface area (Å²) in [4.78, 5) is 24.7. The van der Waals surface area contributed by atoms with Crippen LogP contribution < -0.4 is 5.32 Å². The van der Waals surface area contributed by atoms with Gasteiger partial charge in [-0.05, 0) is 19.8 Å². The maximum absolute atomic E-state index is 11.8. The van der Waals surface area contributed by atoms with E-state index in [1.165, 1.54) is 0 Å². The van der Waals surface area contributed by atoms with Gasteiger partial charge in [0.1, 0.15) is 6.04 Å². The Bertz CT molecular complexity index is 286. The van der Waals surface area contributed by atoms with Gasteiger partial charge in [0.15, 0.2) is 0 Å². The van der Waals surface area contributed by atoms with Crippen LogP contribution in [-0.4, -0.2) is 48.6 Å². The van der Waals surface area contributed by atoms with Crippen LogP contribution in [0.3, 0.4) is 0 Å². The van der Waals surface area contributed by atoms with Gasteiger partial charge in [-0.25, -0.2) is 0 Å². The molecule has 2 rings (SSSR count). The third-order valence-electron chi connectivity index (χ3n) is 3.19. The van der Waals surface area contributed by atoms with Gasteiger partial charge in [0.2, 0.25) is 11.8 Å². The third-order valence-corrected chi connectivity index (χ3v) is 3.19. The van der Waals surface area contributed by atoms with Crippen LogP contribution in [-0.2, 0) is 14.3 Å². The van der Waals surface area contributed by atoms with Gasteiger partial charge in [-0.15, -0.1) is 0 Å². The van der Waals surface area contributed by atoms with E-state index < -0.39 is 0 Å². The zero-order chi connectivity index (χ0) is 11.0. The maximum atomic E-state index is 11.8. The van der Waals surface area contributed by atoms with Crippen molar-refractivity contribution in [1.29, 1.82) is 0 Å². The molecule has 1 saturated heterocycles. The van der Waals surface area contributed by atoms with Crippen LogP contribution in [0.4, 0.5) is 0 Å². The molecular weight excluding hydrogens is 196 g/mol. The molecule has 0 spiro atoms. The predicted molar refractivity (Wildman–Crippen MR) is 53.1 cm³/mol. The van der Waals surface area contributed by atoms with Crippen molar-refractivity contribution in [2.24, 2.45) is 0 Å². The van der Waals surface area contributed by atoms with E-state index in [1.807, 2.05) is 0 Å². The predicted octanol–water partition coefficient (Wildman–Crippen LogP) is -0.489. The molecule has 1 atom stereocenters. The van der Waals surface area contributed by atoms with E-state index in [0.717, 1.165) is 12.8 Å². The second-order valence-corrected chi connectivity index (χ2v) is 4.24. The highest BCUT2D eigenvalue weighted by molar-refractivity contribution is 5.94. The average Bonchev–Trinajstić information content (AvgIpc) is 2.11. The lowest BCUT2D eigenvalue weighted by atomic mass is 9.87. The van der Waals surface area contributed by atoms with Crippen molar-refractivity contribution >= 4 is 11.8 Å². The molecule has 0 aromatic carbocycles. The second kappa shape index (κ2) is 3.81. The van der Waals surface area contributed by atoms with E-state index in [2.05, 4.69) is 5.32 Å². The van der Waals surface area contributed by atoms with Crippen LogP contribution in [0.15, 0.2) is 0 Å². The molecule has 1 unspecified atom stereocenters. The van der Waals surface area contributed by atoms with E-state index in [4.69, 9.17) is 4.74 Å². The monoisotopic (exact) mass is 212 g/mol. The first-order valence-corrected chi connectivity index (χ1v) is 5.24. The van der Waals surface area contributed by atoms with Gasteiger partial charge in [-0.1, -0.05) is 0 Å². The molecule has 1 heterocycles. The third kappa shape index (κ3) is 1.84. The number of hydrogen-bond donors (Lipinski definition) is 1. The number of nitrogens with one attached hydrogen (secondary N) is 1. The number of hydrogen-bond acceptors (Lipinski definition) is 3. The minimum atomic E-state index is -0.382. The summed E-state index contributed by atoms with van der Waals surface area (Å²) in [5.74, 6) is -0.0443. The topological polar surface area (TPSA) is 58.6 Å². The molecule has 84 valence electrons. The Morgan fingerprint density at radius 1 is 1.40 bits per heavy atom. The first-order valence-electron chi connectivity index (χ1n) is 5.24. The molecule has 0 radical (unpaired) electrons. The summed E-state index contributed by atoms with van der Waals surface area (Å²) in [7, 11) is 1.67. The Labute approximate surface area is 88.8 Å². The van der Waals surface area contributed by atoms with E-state index in [0.29, 0.717) is 0 Å². The Morgan fingerprint density at radius 2 is 2.07 bits per heavy atom. The number of ether oxygens (including phenoxy) is 1. The molecule has 2 amide bonds. The first kappa shape index (κ1) is 10.4. The summed E-state index contributed by atoms with van der Waals surface area (Å²) in [6.45, 7) is 1.92. The fourth-order valence-corrected chi connectivity index (χ4v) is 2.12. The molecule has 5 heteroatoms. The minimum absolute atomic E-state index is 0.0224. The van der Waals surface area contributed by atoms with Crippen LogP contribution in [0, 0.1) is 0 Å². The van der Waals surface area contributed by atoms with Crippen molar-refractivity contribution in [3.8, 4) is 0 Å². The summed E-state index contributed by atoms with van der Waals surface area (Å²) >= 11 is 0. The zero-order valence-corrected chi connectivity index (χ0v) is 9.03. The van der Waals surface area contributed by atoms with Crippen molar-refractivity contribution in [2.75, 3.05) is 13.7 Å². The zero-order valence-electron chi connectivity index (χ0n) is 9.03. The number of carbonyl (C=O) groups excluding carboxylic acids is 2. The lowest BCUT2D eigenvalue weighted by molar-refractivity contribution is -0.151. The Hall–Kier alpha value is -1.10. The van der Waals surface area contributed by atoms with Gasteiger partial charge in [-0.2, -0.15) is 0 Å². The molecule has 5 nitrogen and oxygen atoms in total.